The van der Waals surface area contributed by atoms with Gasteiger partial charge in [-0.15, -0.1) is 0 Å². The Morgan fingerprint density at radius 1 is 1.70 bits per heavy atom. The van der Waals surface area contributed by atoms with Gasteiger partial charge in [0.1, 0.15) is 0 Å². The Hall–Kier alpha value is 0.400. The first-order chi connectivity index (χ1) is 4.74. The molecule has 1 fully saturated rings. The van der Waals surface area contributed by atoms with Crippen LogP contribution in [0.1, 0.15) is 12.8 Å². The lowest BCUT2D eigenvalue weighted by Crippen LogP contribution is -2.31. The highest BCUT2D eigenvalue weighted by Gasteiger charge is 2.26. The topological polar surface area (TPSA) is 23.5 Å². The van der Waals surface area contributed by atoms with Gasteiger partial charge in [-0.05, 0) is 19.9 Å². The van der Waals surface area contributed by atoms with Gasteiger partial charge in [-0.2, -0.15) is 0 Å². The first-order valence-corrected chi connectivity index (χ1v) is 4.80. The summed E-state index contributed by atoms with van der Waals surface area (Å²) in [4.78, 5) is 2.23. The quantitative estimate of drug-likeness (QED) is 0.692. The van der Waals surface area contributed by atoms with Gasteiger partial charge in [-0.25, -0.2) is 0 Å². The van der Waals surface area contributed by atoms with E-state index in [4.69, 9.17) is 0 Å². The second kappa shape index (κ2) is 3.69. The third kappa shape index (κ3) is 2.56. The SMILES string of the molecule is CN(CC(O)CBr)C1CC1. The van der Waals surface area contributed by atoms with Crippen molar-refractivity contribution in [3.8, 4) is 0 Å². The monoisotopic (exact) mass is 207 g/mol. The molecule has 0 aliphatic heterocycles. The van der Waals surface area contributed by atoms with Crippen molar-refractivity contribution in [2.24, 2.45) is 0 Å². The van der Waals surface area contributed by atoms with Crippen molar-refractivity contribution >= 4 is 15.9 Å². The summed E-state index contributed by atoms with van der Waals surface area (Å²) in [6, 6.07) is 0.758. The van der Waals surface area contributed by atoms with E-state index in [1.165, 1.54) is 12.8 Å². The van der Waals surface area contributed by atoms with Gasteiger partial charge in [-0.1, -0.05) is 15.9 Å². The molecule has 10 heavy (non-hydrogen) atoms. The van der Waals surface area contributed by atoms with Crippen LogP contribution in [-0.4, -0.2) is 41.1 Å². The molecule has 1 saturated carbocycles. The summed E-state index contributed by atoms with van der Waals surface area (Å²) >= 11 is 3.24. The average molecular weight is 208 g/mol. The molecule has 0 amide bonds. The lowest BCUT2D eigenvalue weighted by Gasteiger charge is -2.18. The number of likely N-dealkylation sites (N-methyl/N-ethyl adjacent to an activating group) is 1. The summed E-state index contributed by atoms with van der Waals surface area (Å²) in [5.41, 5.74) is 0. The Kier molecular flexibility index (Phi) is 3.14. The van der Waals surface area contributed by atoms with Crippen LogP contribution in [0, 0.1) is 0 Å². The smallest absolute Gasteiger partial charge is 0.0763 e. The van der Waals surface area contributed by atoms with E-state index in [1.807, 2.05) is 0 Å². The number of hydrogen-bond donors (Lipinski definition) is 1. The maximum absolute atomic E-state index is 9.22. The molecule has 1 aliphatic carbocycles. The third-order valence-corrected chi connectivity index (χ3v) is 2.59. The Morgan fingerprint density at radius 3 is 2.70 bits per heavy atom. The predicted molar refractivity (Wildman–Crippen MR) is 45.5 cm³/mol. The Labute approximate surface area is 70.3 Å². The highest BCUT2D eigenvalue weighted by molar-refractivity contribution is 9.09. The number of nitrogens with zero attached hydrogens (tertiary/aromatic N) is 1. The van der Waals surface area contributed by atoms with Crippen LogP contribution in [0.5, 0.6) is 0 Å². The van der Waals surface area contributed by atoms with Gasteiger partial charge >= 0.3 is 0 Å². The highest BCUT2D eigenvalue weighted by Crippen LogP contribution is 2.25. The molecule has 0 heterocycles. The van der Waals surface area contributed by atoms with Crippen LogP contribution < -0.4 is 0 Å². The molecule has 60 valence electrons. The normalized spacial score (nSPS) is 21.6. The number of rotatable bonds is 4. The number of aliphatic hydroxyl groups is 1. The molecular weight excluding hydrogens is 194 g/mol. The molecule has 0 spiro atoms. The van der Waals surface area contributed by atoms with Gasteiger partial charge < -0.3 is 10.0 Å². The van der Waals surface area contributed by atoms with Crippen LogP contribution in [0.25, 0.3) is 0 Å². The third-order valence-electron chi connectivity index (χ3n) is 1.85. The predicted octanol–water partition coefficient (Wildman–Crippen LogP) is 0.836. The molecule has 0 aromatic heterocycles. The zero-order valence-electron chi connectivity index (χ0n) is 6.26. The van der Waals surface area contributed by atoms with E-state index in [2.05, 4.69) is 27.9 Å². The second-order valence-corrected chi connectivity index (χ2v) is 3.63. The van der Waals surface area contributed by atoms with E-state index in [0.717, 1.165) is 12.6 Å². The van der Waals surface area contributed by atoms with Crippen LogP contribution in [0.4, 0.5) is 0 Å². The molecule has 0 aromatic rings. The first kappa shape index (κ1) is 8.50. The van der Waals surface area contributed by atoms with Gasteiger partial charge in [0.25, 0.3) is 0 Å². The Balaban J connectivity index is 2.10. The zero-order chi connectivity index (χ0) is 7.56. The molecule has 0 radical (unpaired) electrons. The van der Waals surface area contributed by atoms with Gasteiger partial charge in [0.15, 0.2) is 0 Å². The van der Waals surface area contributed by atoms with E-state index in [1.54, 1.807) is 0 Å². The molecule has 1 atom stereocenters. The van der Waals surface area contributed by atoms with Gasteiger partial charge in [0.2, 0.25) is 0 Å². The molecule has 0 bridgehead atoms. The van der Waals surface area contributed by atoms with Crippen molar-refractivity contribution in [1.82, 2.24) is 4.90 Å². The van der Waals surface area contributed by atoms with Gasteiger partial charge in [0, 0.05) is 17.9 Å². The summed E-state index contributed by atoms with van der Waals surface area (Å²) in [5.74, 6) is 0. The van der Waals surface area contributed by atoms with E-state index >= 15 is 0 Å². The van der Waals surface area contributed by atoms with Crippen LogP contribution in [0.2, 0.25) is 0 Å². The Bertz CT molecular complexity index is 106. The Morgan fingerprint density at radius 2 is 2.30 bits per heavy atom. The number of halogens is 1. The molecule has 1 aliphatic rings. The molecule has 1 rings (SSSR count). The van der Waals surface area contributed by atoms with Crippen LogP contribution in [0.15, 0.2) is 0 Å². The maximum atomic E-state index is 9.22. The lowest BCUT2D eigenvalue weighted by molar-refractivity contribution is 0.142. The highest BCUT2D eigenvalue weighted by atomic mass is 79.9. The first-order valence-electron chi connectivity index (χ1n) is 3.68. The van der Waals surface area contributed by atoms with E-state index in [9.17, 15) is 5.11 Å². The fourth-order valence-electron chi connectivity index (χ4n) is 1.05. The van der Waals surface area contributed by atoms with Crippen molar-refractivity contribution in [3.05, 3.63) is 0 Å². The number of hydrogen-bond acceptors (Lipinski definition) is 2. The lowest BCUT2D eigenvalue weighted by atomic mass is 10.4. The minimum Gasteiger partial charge on any atom is -0.391 e. The molecule has 1 unspecified atom stereocenters. The summed E-state index contributed by atoms with van der Waals surface area (Å²) in [6.07, 6.45) is 2.42. The largest absolute Gasteiger partial charge is 0.391 e. The standard InChI is InChI=1S/C7H14BrNO/c1-9(6-2-3-6)5-7(10)4-8/h6-7,10H,2-5H2,1H3. The molecule has 3 heteroatoms. The number of aliphatic hydroxyl groups excluding tert-OH is 1. The van der Waals surface area contributed by atoms with Gasteiger partial charge in [-0.3, -0.25) is 0 Å². The molecular formula is C7H14BrNO. The van der Waals surface area contributed by atoms with Crippen LogP contribution in [-0.2, 0) is 0 Å². The van der Waals surface area contributed by atoms with Crippen molar-refractivity contribution in [1.29, 1.82) is 0 Å². The maximum Gasteiger partial charge on any atom is 0.0763 e. The van der Waals surface area contributed by atoms with Crippen molar-refractivity contribution in [2.45, 2.75) is 25.0 Å². The summed E-state index contributed by atoms with van der Waals surface area (Å²) in [6.45, 7) is 0.802. The van der Waals surface area contributed by atoms with E-state index < -0.39 is 0 Å². The second-order valence-electron chi connectivity index (χ2n) is 2.98. The zero-order valence-corrected chi connectivity index (χ0v) is 7.84. The fraction of sp³-hybridized carbons (Fsp3) is 1.00. The van der Waals surface area contributed by atoms with Crippen molar-refractivity contribution in [2.75, 3.05) is 18.9 Å². The minimum absolute atomic E-state index is 0.203. The summed E-state index contributed by atoms with van der Waals surface area (Å²) in [5, 5.41) is 9.90. The molecule has 0 aromatic carbocycles. The van der Waals surface area contributed by atoms with E-state index in [0.29, 0.717) is 5.33 Å². The van der Waals surface area contributed by atoms with E-state index in [-0.39, 0.29) is 6.10 Å². The van der Waals surface area contributed by atoms with Gasteiger partial charge in [0.05, 0.1) is 6.10 Å². The molecule has 0 saturated heterocycles. The van der Waals surface area contributed by atoms with Crippen molar-refractivity contribution in [3.63, 3.8) is 0 Å². The molecule has 1 N–H and O–H groups in total. The average Bonchev–Trinajstić information content (AvgIpc) is 2.68. The molecule has 2 nitrogen and oxygen atoms in total. The summed E-state index contributed by atoms with van der Waals surface area (Å²) < 4.78 is 0. The van der Waals surface area contributed by atoms with Crippen molar-refractivity contribution < 1.29 is 5.11 Å². The van der Waals surface area contributed by atoms with Crippen LogP contribution in [0.3, 0.4) is 0 Å². The minimum atomic E-state index is -0.203. The van der Waals surface area contributed by atoms with Crippen LogP contribution >= 0.6 is 15.9 Å². The fourth-order valence-corrected chi connectivity index (χ4v) is 1.25. The number of alkyl halides is 1. The summed E-state index contributed by atoms with van der Waals surface area (Å²) in [7, 11) is 2.07.